The summed E-state index contributed by atoms with van der Waals surface area (Å²) in [4.78, 5) is 12.1. The van der Waals surface area contributed by atoms with Crippen molar-refractivity contribution in [2.75, 3.05) is 10.8 Å². The molecule has 2 bridgehead atoms. The minimum absolute atomic E-state index is 0.0521. The third kappa shape index (κ3) is 2.42. The summed E-state index contributed by atoms with van der Waals surface area (Å²) in [6, 6.07) is 4.42. The Hall–Kier alpha value is -2.08. The second-order valence-corrected chi connectivity index (χ2v) is 9.27. The molecule has 2 saturated carbocycles. The molecule has 9 heteroatoms. The second kappa shape index (κ2) is 5.46. The van der Waals surface area contributed by atoms with Crippen molar-refractivity contribution in [2.24, 2.45) is 17.8 Å². The molecule has 4 rings (SSSR count). The number of halogens is 3. The van der Waals surface area contributed by atoms with Crippen molar-refractivity contribution in [1.29, 1.82) is 5.26 Å². The summed E-state index contributed by atoms with van der Waals surface area (Å²) in [5.74, 6) is -0.672. The number of hydrogen-bond donors (Lipinski definition) is 0. The number of benzene rings is 1. The molecule has 0 aromatic heterocycles. The van der Waals surface area contributed by atoms with Crippen LogP contribution in [0.15, 0.2) is 18.2 Å². The number of anilines is 1. The molecule has 4 atom stereocenters. The van der Waals surface area contributed by atoms with Gasteiger partial charge in [0.15, 0.2) is 0 Å². The van der Waals surface area contributed by atoms with Crippen LogP contribution in [0, 0.1) is 29.1 Å². The highest BCUT2D eigenvalue weighted by Gasteiger charge is 2.58. The number of fused-ring (bicyclic) bond motifs is 4. The van der Waals surface area contributed by atoms with E-state index in [1.165, 1.54) is 12.1 Å². The number of sulfonamides is 1. The summed E-state index contributed by atoms with van der Waals surface area (Å²) in [5, 5.41) is 8.04. The van der Waals surface area contributed by atoms with Crippen LogP contribution in [-0.2, 0) is 21.0 Å². The van der Waals surface area contributed by atoms with Crippen LogP contribution in [0.3, 0.4) is 0 Å². The predicted octanol–water partition coefficient (Wildman–Crippen LogP) is 2.71. The number of nitriles is 1. The lowest BCUT2D eigenvalue weighted by molar-refractivity contribution is -0.137. The highest BCUT2D eigenvalue weighted by Crippen LogP contribution is 2.50. The lowest BCUT2D eigenvalue weighted by atomic mass is 9.80. The number of alkyl halides is 3. The lowest BCUT2D eigenvalue weighted by Crippen LogP contribution is -2.38. The van der Waals surface area contributed by atoms with Gasteiger partial charge in [-0.2, -0.15) is 18.4 Å². The molecule has 3 fully saturated rings. The number of hydrogen-bond acceptors (Lipinski definition) is 4. The number of carbonyl (C=O) groups excluding carboxylic acids is 1. The zero-order valence-corrected chi connectivity index (χ0v) is 14.3. The van der Waals surface area contributed by atoms with Gasteiger partial charge in [0.25, 0.3) is 0 Å². The molecule has 1 aliphatic heterocycles. The molecule has 138 valence electrons. The molecule has 0 N–H and O–H groups in total. The molecule has 0 spiro atoms. The highest BCUT2D eigenvalue weighted by atomic mass is 32.2. The molecule has 5 nitrogen and oxygen atoms in total. The zero-order chi connectivity index (χ0) is 18.9. The molecule has 3 aliphatic rings. The van der Waals surface area contributed by atoms with E-state index >= 15 is 0 Å². The van der Waals surface area contributed by atoms with Gasteiger partial charge in [0.2, 0.25) is 10.0 Å². The van der Waals surface area contributed by atoms with E-state index in [0.717, 1.165) is 10.4 Å². The van der Waals surface area contributed by atoms with E-state index in [2.05, 4.69) is 0 Å². The van der Waals surface area contributed by atoms with Crippen molar-refractivity contribution in [3.05, 3.63) is 29.3 Å². The molecular formula is C17H15F3N2O3S. The van der Waals surface area contributed by atoms with Crippen molar-refractivity contribution in [2.45, 2.75) is 30.7 Å². The normalized spacial score (nSPS) is 32.4. The van der Waals surface area contributed by atoms with Crippen molar-refractivity contribution >= 4 is 21.5 Å². The number of Topliss-reactive ketones (excluding diaryl/α,β-unsaturated/α-hetero) is 1. The van der Waals surface area contributed by atoms with E-state index in [9.17, 15) is 26.4 Å². The fraction of sp³-hybridized carbons (Fsp3) is 0.529. The molecule has 1 saturated heterocycles. The van der Waals surface area contributed by atoms with Gasteiger partial charge in [-0.1, -0.05) is 0 Å². The van der Waals surface area contributed by atoms with Crippen molar-refractivity contribution < 1.29 is 26.4 Å². The molecule has 1 aromatic carbocycles. The largest absolute Gasteiger partial charge is 0.417 e. The summed E-state index contributed by atoms with van der Waals surface area (Å²) in [6.07, 6.45) is -3.20. The Labute approximate surface area is 148 Å². The van der Waals surface area contributed by atoms with Crippen molar-refractivity contribution in [3.8, 4) is 6.07 Å². The quantitative estimate of drug-likeness (QED) is 0.746. The predicted molar refractivity (Wildman–Crippen MR) is 85.5 cm³/mol. The van der Waals surface area contributed by atoms with Crippen LogP contribution >= 0.6 is 0 Å². The number of nitrogens with zero attached hydrogens (tertiary/aromatic N) is 2. The number of ketones is 1. The maximum atomic E-state index is 13.2. The molecular weight excluding hydrogens is 369 g/mol. The summed E-state index contributed by atoms with van der Waals surface area (Å²) in [7, 11) is -3.93. The minimum atomic E-state index is -4.76. The van der Waals surface area contributed by atoms with Crippen LogP contribution < -0.4 is 4.31 Å². The van der Waals surface area contributed by atoms with Gasteiger partial charge in [0, 0.05) is 18.9 Å². The van der Waals surface area contributed by atoms with Gasteiger partial charge < -0.3 is 0 Å². The van der Waals surface area contributed by atoms with Gasteiger partial charge in [-0.25, -0.2) is 8.42 Å². The average molecular weight is 384 g/mol. The maximum absolute atomic E-state index is 13.2. The van der Waals surface area contributed by atoms with E-state index in [0.29, 0.717) is 25.3 Å². The molecule has 0 radical (unpaired) electrons. The van der Waals surface area contributed by atoms with Crippen molar-refractivity contribution in [1.82, 2.24) is 0 Å². The first-order chi connectivity index (χ1) is 12.1. The van der Waals surface area contributed by atoms with E-state index in [4.69, 9.17) is 5.26 Å². The van der Waals surface area contributed by atoms with E-state index < -0.39 is 38.5 Å². The Bertz CT molecular complexity index is 936. The van der Waals surface area contributed by atoms with Crippen LogP contribution in [0.2, 0.25) is 0 Å². The van der Waals surface area contributed by atoms with Crippen molar-refractivity contribution in [3.63, 3.8) is 0 Å². The van der Waals surface area contributed by atoms with E-state index in [1.807, 2.05) is 0 Å². The van der Waals surface area contributed by atoms with E-state index in [-0.39, 0.29) is 29.9 Å². The van der Waals surface area contributed by atoms with Crippen LogP contribution in [0.5, 0.6) is 0 Å². The van der Waals surface area contributed by atoms with E-state index in [1.54, 1.807) is 0 Å². The second-order valence-electron chi connectivity index (χ2n) is 7.25. The first kappa shape index (κ1) is 17.3. The lowest BCUT2D eigenvalue weighted by Gasteiger charge is -2.27. The van der Waals surface area contributed by atoms with Crippen LogP contribution in [0.25, 0.3) is 0 Å². The average Bonchev–Trinajstić information content (AvgIpc) is 2.99. The Balaban J connectivity index is 1.76. The van der Waals surface area contributed by atoms with Crippen LogP contribution in [0.1, 0.15) is 30.4 Å². The minimum Gasteiger partial charge on any atom is -0.299 e. The standard InChI is InChI=1S/C17H15F3N2O3S/c18-17(19,20)14-6-12(2-1-10(14)7-21)22-8-11-3-9-4-13(15(23)5-9)16(11)26(22,24)25/h1-2,6,9,11,13,16H,3-5,8H2/t9-,11-,13+,16+/m0/s1. The third-order valence-electron chi connectivity index (χ3n) is 5.76. The third-order valence-corrected chi connectivity index (χ3v) is 8.13. The molecule has 0 unspecified atom stereocenters. The van der Waals surface area contributed by atoms with Crippen LogP contribution in [-0.4, -0.2) is 26.0 Å². The fourth-order valence-electron chi connectivity index (χ4n) is 4.76. The Morgan fingerprint density at radius 3 is 2.62 bits per heavy atom. The maximum Gasteiger partial charge on any atom is 0.417 e. The number of rotatable bonds is 1. The van der Waals surface area contributed by atoms with Gasteiger partial charge in [-0.3, -0.25) is 9.10 Å². The van der Waals surface area contributed by atoms with Gasteiger partial charge in [0.05, 0.1) is 28.1 Å². The summed E-state index contributed by atoms with van der Waals surface area (Å²) >= 11 is 0. The molecule has 1 heterocycles. The highest BCUT2D eigenvalue weighted by molar-refractivity contribution is 7.93. The zero-order valence-electron chi connectivity index (χ0n) is 13.5. The van der Waals surface area contributed by atoms with Gasteiger partial charge >= 0.3 is 6.18 Å². The molecule has 0 amide bonds. The SMILES string of the molecule is N#Cc1ccc(N2C[C@@H]3C[C@@H]4CC(=O)[C@@H](C4)[C@@H]3S2(=O)=O)cc1C(F)(F)F. The summed E-state index contributed by atoms with van der Waals surface area (Å²) < 4.78 is 66.6. The Morgan fingerprint density at radius 1 is 1.23 bits per heavy atom. The van der Waals surface area contributed by atoms with Crippen LogP contribution in [0.4, 0.5) is 18.9 Å². The smallest absolute Gasteiger partial charge is 0.299 e. The summed E-state index contributed by atoms with van der Waals surface area (Å²) in [6.45, 7) is 0.0798. The first-order valence-electron chi connectivity index (χ1n) is 8.28. The van der Waals surface area contributed by atoms with Gasteiger partial charge in [-0.05, 0) is 42.9 Å². The molecule has 26 heavy (non-hydrogen) atoms. The monoisotopic (exact) mass is 384 g/mol. The molecule has 1 aromatic rings. The number of carbonyl (C=O) groups is 1. The Morgan fingerprint density at radius 2 is 1.96 bits per heavy atom. The first-order valence-corrected chi connectivity index (χ1v) is 9.79. The Kier molecular flexibility index (Phi) is 3.64. The summed E-state index contributed by atoms with van der Waals surface area (Å²) in [5.41, 5.74) is -1.81. The van der Waals surface area contributed by atoms with Gasteiger partial charge in [0.1, 0.15) is 5.78 Å². The fourth-order valence-corrected chi connectivity index (χ4v) is 7.22. The topological polar surface area (TPSA) is 78.2 Å². The molecule has 2 aliphatic carbocycles. The van der Waals surface area contributed by atoms with Gasteiger partial charge in [-0.15, -0.1) is 0 Å².